The minimum absolute atomic E-state index is 0. The van der Waals surface area contributed by atoms with Crippen LogP contribution in [-0.2, 0) is 10.0 Å². The fourth-order valence-electron chi connectivity index (χ4n) is 5.71. The Kier molecular flexibility index (Phi) is 9.21. The predicted octanol–water partition coefficient (Wildman–Crippen LogP) is 6.96. The third-order valence-electron chi connectivity index (χ3n) is 7.86. The molecule has 5 aromatic rings. The fraction of sp³-hybridized carbons (Fsp3) is 0.235. The second kappa shape index (κ2) is 13.0. The van der Waals surface area contributed by atoms with Gasteiger partial charge in [-0.2, -0.15) is 0 Å². The lowest BCUT2D eigenvalue weighted by molar-refractivity contribution is 0.238. The van der Waals surface area contributed by atoms with E-state index in [1.165, 1.54) is 16.8 Å². The van der Waals surface area contributed by atoms with Gasteiger partial charge in [-0.05, 0) is 85.1 Å². The Morgan fingerprint density at radius 1 is 0.762 bits per heavy atom. The lowest BCUT2D eigenvalue weighted by atomic mass is 9.85. The van der Waals surface area contributed by atoms with Gasteiger partial charge in [-0.25, -0.2) is 12.4 Å². The molecule has 6 rings (SSSR count). The van der Waals surface area contributed by atoms with Crippen molar-refractivity contribution in [1.82, 2.24) is 8.87 Å². The molecule has 1 aliphatic heterocycles. The van der Waals surface area contributed by atoms with Crippen molar-refractivity contribution in [2.45, 2.75) is 23.7 Å². The molecule has 0 N–H and O–H groups in total. The summed E-state index contributed by atoms with van der Waals surface area (Å²) in [5.74, 6) is 1.38. The van der Waals surface area contributed by atoms with Gasteiger partial charge in [0.05, 0.1) is 17.5 Å². The summed E-state index contributed by atoms with van der Waals surface area (Å²) in [5, 5.41) is 0.888. The zero-order chi connectivity index (χ0) is 28.2. The molecule has 0 saturated carbocycles. The standard InChI is InChI=1S/C34H34N2O4S.ClH/c1-39-28-17-13-26(14-18-28)34(27-15-19-29(20-16-27)40-24-23-35-21-7-8-22-35)32-25-36(33-12-6-5-11-31(32)33)41(37,38)30-9-3-2-4-10-30;/h2-6,9-20,25,34H,7-8,21-24H2,1H3;1H. The van der Waals surface area contributed by atoms with Crippen molar-refractivity contribution in [3.8, 4) is 11.5 Å². The number of fused-ring (bicyclic) bond motifs is 1. The first-order valence-electron chi connectivity index (χ1n) is 14.0. The first kappa shape index (κ1) is 29.7. The van der Waals surface area contributed by atoms with Gasteiger partial charge in [-0.15, -0.1) is 12.4 Å². The van der Waals surface area contributed by atoms with Crippen LogP contribution >= 0.6 is 12.4 Å². The van der Waals surface area contributed by atoms with Crippen molar-refractivity contribution in [3.05, 3.63) is 126 Å². The van der Waals surface area contributed by atoms with Crippen molar-refractivity contribution in [2.75, 3.05) is 33.4 Å². The van der Waals surface area contributed by atoms with E-state index in [9.17, 15) is 8.42 Å². The molecule has 0 aliphatic carbocycles. The number of para-hydroxylation sites is 1. The van der Waals surface area contributed by atoms with Crippen LogP contribution in [0.1, 0.15) is 35.4 Å². The van der Waals surface area contributed by atoms with Crippen LogP contribution < -0.4 is 9.47 Å². The van der Waals surface area contributed by atoms with Gasteiger partial charge < -0.3 is 9.47 Å². The molecular formula is C34H35ClN2O4S. The van der Waals surface area contributed by atoms with Gasteiger partial charge in [0.1, 0.15) is 18.1 Å². The average molecular weight is 603 g/mol. The van der Waals surface area contributed by atoms with E-state index < -0.39 is 10.0 Å². The Bertz CT molecular complexity index is 1710. The minimum atomic E-state index is -3.80. The number of hydrogen-bond donors (Lipinski definition) is 0. The van der Waals surface area contributed by atoms with Gasteiger partial charge in [-0.3, -0.25) is 4.90 Å². The van der Waals surface area contributed by atoms with Crippen LogP contribution in [0.4, 0.5) is 0 Å². The third kappa shape index (κ3) is 6.04. The topological polar surface area (TPSA) is 60.8 Å². The van der Waals surface area contributed by atoms with Gasteiger partial charge >= 0.3 is 0 Å². The van der Waals surface area contributed by atoms with Crippen molar-refractivity contribution in [3.63, 3.8) is 0 Å². The molecule has 1 saturated heterocycles. The van der Waals surface area contributed by atoms with Gasteiger partial charge in [0.15, 0.2) is 0 Å². The monoisotopic (exact) mass is 602 g/mol. The molecule has 8 heteroatoms. The molecule has 0 bridgehead atoms. The van der Waals surface area contributed by atoms with E-state index >= 15 is 0 Å². The highest BCUT2D eigenvalue weighted by atomic mass is 35.5. The van der Waals surface area contributed by atoms with Crippen LogP contribution in [0.3, 0.4) is 0 Å². The lowest BCUT2D eigenvalue weighted by Crippen LogP contribution is -2.25. The van der Waals surface area contributed by atoms with E-state index in [-0.39, 0.29) is 23.2 Å². The molecule has 4 aromatic carbocycles. The summed E-state index contributed by atoms with van der Waals surface area (Å²) in [6, 6.07) is 32.4. The lowest BCUT2D eigenvalue weighted by Gasteiger charge is -2.19. The van der Waals surface area contributed by atoms with Crippen LogP contribution in [0.25, 0.3) is 10.9 Å². The smallest absolute Gasteiger partial charge is 0.268 e. The molecule has 1 atom stereocenters. The molecule has 0 amide bonds. The molecule has 42 heavy (non-hydrogen) atoms. The number of likely N-dealkylation sites (tertiary alicyclic amines) is 1. The third-order valence-corrected chi connectivity index (χ3v) is 9.55. The maximum Gasteiger partial charge on any atom is 0.268 e. The summed E-state index contributed by atoms with van der Waals surface area (Å²) in [6.07, 6.45) is 4.32. The first-order valence-corrected chi connectivity index (χ1v) is 15.5. The van der Waals surface area contributed by atoms with Crippen molar-refractivity contribution in [1.29, 1.82) is 0 Å². The molecule has 1 aromatic heterocycles. The van der Waals surface area contributed by atoms with Crippen molar-refractivity contribution >= 4 is 33.3 Å². The highest BCUT2D eigenvalue weighted by Gasteiger charge is 2.26. The predicted molar refractivity (Wildman–Crippen MR) is 170 cm³/mol. The van der Waals surface area contributed by atoms with Gasteiger partial charge in [-0.1, -0.05) is 60.7 Å². The zero-order valence-corrected chi connectivity index (χ0v) is 25.2. The molecule has 1 fully saturated rings. The minimum Gasteiger partial charge on any atom is -0.497 e. The number of halogens is 1. The second-order valence-electron chi connectivity index (χ2n) is 10.4. The SMILES string of the molecule is COc1ccc(C(c2ccc(OCCN3CCCC3)cc2)c2cn(S(=O)(=O)c3ccccc3)c3ccccc23)cc1.Cl. The summed E-state index contributed by atoms with van der Waals surface area (Å²) < 4.78 is 40.5. The molecule has 1 unspecified atom stereocenters. The number of aromatic nitrogens is 1. The Labute approximate surface area is 254 Å². The number of rotatable bonds is 10. The summed E-state index contributed by atoms with van der Waals surface area (Å²) in [6.45, 7) is 3.90. The maximum absolute atomic E-state index is 13.8. The van der Waals surface area contributed by atoms with E-state index in [1.807, 2.05) is 66.7 Å². The molecule has 218 valence electrons. The molecule has 2 heterocycles. The fourth-order valence-corrected chi connectivity index (χ4v) is 7.11. The van der Waals surface area contributed by atoms with Gasteiger partial charge in [0.25, 0.3) is 10.0 Å². The van der Waals surface area contributed by atoms with Gasteiger partial charge in [0.2, 0.25) is 0 Å². The number of ether oxygens (including phenoxy) is 2. The van der Waals surface area contributed by atoms with Crippen molar-refractivity contribution in [2.24, 2.45) is 0 Å². The number of methoxy groups -OCH3 is 1. The van der Waals surface area contributed by atoms with Crippen LogP contribution in [-0.4, -0.2) is 50.6 Å². The quantitative estimate of drug-likeness (QED) is 0.173. The molecule has 6 nitrogen and oxygen atoms in total. The van der Waals surface area contributed by atoms with E-state index in [2.05, 4.69) is 17.0 Å². The molecule has 1 aliphatic rings. The van der Waals surface area contributed by atoms with Crippen LogP contribution in [0.5, 0.6) is 11.5 Å². The summed E-state index contributed by atoms with van der Waals surface area (Å²) in [5.41, 5.74) is 3.63. The second-order valence-corrected chi connectivity index (χ2v) is 12.2. The summed E-state index contributed by atoms with van der Waals surface area (Å²) >= 11 is 0. The summed E-state index contributed by atoms with van der Waals surface area (Å²) in [7, 11) is -2.15. The largest absolute Gasteiger partial charge is 0.497 e. The molecule has 0 spiro atoms. The highest BCUT2D eigenvalue weighted by Crippen LogP contribution is 2.39. The number of benzene rings is 4. The Morgan fingerprint density at radius 2 is 1.36 bits per heavy atom. The molecular weight excluding hydrogens is 568 g/mol. The normalized spacial score (nSPS) is 14.4. The summed E-state index contributed by atoms with van der Waals surface area (Å²) in [4.78, 5) is 2.69. The maximum atomic E-state index is 13.8. The average Bonchev–Trinajstić information content (AvgIpc) is 3.68. The van der Waals surface area contributed by atoms with E-state index in [1.54, 1.807) is 37.6 Å². The Balaban J connectivity index is 0.00000353. The van der Waals surface area contributed by atoms with E-state index in [0.29, 0.717) is 12.1 Å². The van der Waals surface area contributed by atoms with Crippen LogP contribution in [0, 0.1) is 0 Å². The highest BCUT2D eigenvalue weighted by molar-refractivity contribution is 7.90. The van der Waals surface area contributed by atoms with Crippen molar-refractivity contribution < 1.29 is 17.9 Å². The number of nitrogens with zero attached hydrogens (tertiary/aromatic N) is 2. The number of hydrogen-bond acceptors (Lipinski definition) is 5. The van der Waals surface area contributed by atoms with E-state index in [0.717, 1.165) is 53.2 Å². The van der Waals surface area contributed by atoms with E-state index in [4.69, 9.17) is 9.47 Å². The Hall–Kier alpha value is -3.78. The van der Waals surface area contributed by atoms with Gasteiger partial charge in [0, 0.05) is 24.0 Å². The van der Waals surface area contributed by atoms with Crippen LogP contribution in [0.2, 0.25) is 0 Å². The zero-order valence-electron chi connectivity index (χ0n) is 23.6. The Morgan fingerprint density at radius 3 is 2.00 bits per heavy atom. The first-order chi connectivity index (χ1) is 20.0. The molecule has 0 radical (unpaired) electrons. The van der Waals surface area contributed by atoms with Crippen LogP contribution in [0.15, 0.2) is 114 Å².